The average Bonchev–Trinajstić information content (AvgIpc) is 3.14. The zero-order valence-electron chi connectivity index (χ0n) is 11.4. The predicted molar refractivity (Wildman–Crippen MR) is 81.2 cm³/mol. The highest BCUT2D eigenvalue weighted by atomic mass is 35.5. The van der Waals surface area contributed by atoms with E-state index < -0.39 is 0 Å². The second-order valence-electron chi connectivity index (χ2n) is 4.85. The Bertz CT molecular complexity index is 607. The van der Waals surface area contributed by atoms with E-state index in [9.17, 15) is 0 Å². The molecular weight excluding hydrogens is 310 g/mol. The highest BCUT2D eigenvalue weighted by Gasteiger charge is 2.29. The minimum absolute atomic E-state index is 0.103. The topological polar surface area (TPSA) is 74.2 Å². The molecule has 1 aromatic carbocycles. The number of nitrogens with zero attached hydrogens (tertiary/aromatic N) is 2. The quantitative estimate of drug-likeness (QED) is 0.851. The maximum atomic E-state index is 5.95. The first kappa shape index (κ1) is 14.8. The minimum atomic E-state index is -0.115. The number of halogens is 1. The van der Waals surface area contributed by atoms with Crippen LogP contribution in [0.3, 0.4) is 0 Å². The van der Waals surface area contributed by atoms with Gasteiger partial charge in [0, 0.05) is 16.5 Å². The molecule has 3 rings (SSSR count). The second kappa shape index (κ2) is 6.79. The van der Waals surface area contributed by atoms with Crippen LogP contribution in [0, 0.1) is 0 Å². The first-order chi connectivity index (χ1) is 10.2. The number of ether oxygens (including phenoxy) is 1. The third-order valence-corrected chi connectivity index (χ3v) is 4.52. The molecule has 0 radical (unpaired) electrons. The van der Waals surface area contributed by atoms with Crippen molar-refractivity contribution in [1.82, 2.24) is 10.1 Å². The monoisotopic (exact) mass is 325 g/mol. The van der Waals surface area contributed by atoms with Gasteiger partial charge in [0.05, 0.1) is 11.9 Å². The van der Waals surface area contributed by atoms with E-state index in [0.717, 1.165) is 22.8 Å². The van der Waals surface area contributed by atoms with E-state index in [0.29, 0.717) is 24.0 Å². The molecule has 0 saturated carbocycles. The van der Waals surface area contributed by atoms with Gasteiger partial charge in [-0.2, -0.15) is 4.98 Å². The Morgan fingerprint density at radius 1 is 1.38 bits per heavy atom. The fourth-order valence-electron chi connectivity index (χ4n) is 2.22. The molecule has 7 heteroatoms. The van der Waals surface area contributed by atoms with E-state index >= 15 is 0 Å². The largest absolute Gasteiger partial charge is 0.364 e. The number of benzene rings is 1. The van der Waals surface area contributed by atoms with E-state index in [4.69, 9.17) is 26.6 Å². The number of aromatic nitrogens is 2. The predicted octanol–water partition coefficient (Wildman–Crippen LogP) is 3.19. The van der Waals surface area contributed by atoms with Crippen molar-refractivity contribution in [3.8, 4) is 0 Å². The molecule has 2 aromatic rings. The molecule has 2 heterocycles. The molecule has 1 aliphatic heterocycles. The molecular formula is C14H16ClN3O2S. The van der Waals surface area contributed by atoms with Crippen LogP contribution in [0.15, 0.2) is 33.7 Å². The molecule has 1 aromatic heterocycles. The maximum Gasteiger partial charge on any atom is 0.255 e. The molecule has 2 atom stereocenters. The Kier molecular flexibility index (Phi) is 4.80. The molecule has 0 spiro atoms. The van der Waals surface area contributed by atoms with E-state index in [2.05, 4.69) is 10.1 Å². The molecule has 1 saturated heterocycles. The second-order valence-corrected chi connectivity index (χ2v) is 6.34. The lowest BCUT2D eigenvalue weighted by Gasteiger charge is -2.07. The highest BCUT2D eigenvalue weighted by molar-refractivity contribution is 7.98. The normalized spacial score (nSPS) is 21.8. The summed E-state index contributed by atoms with van der Waals surface area (Å²) >= 11 is 7.57. The maximum absolute atomic E-state index is 5.95. The van der Waals surface area contributed by atoms with E-state index in [-0.39, 0.29) is 12.2 Å². The molecule has 0 aliphatic carbocycles. The summed E-state index contributed by atoms with van der Waals surface area (Å²) in [7, 11) is 0. The van der Waals surface area contributed by atoms with Crippen LogP contribution in [0.25, 0.3) is 0 Å². The molecule has 2 unspecified atom stereocenters. The third-order valence-electron chi connectivity index (χ3n) is 3.29. The summed E-state index contributed by atoms with van der Waals surface area (Å²) in [5, 5.41) is 4.72. The lowest BCUT2D eigenvalue weighted by molar-refractivity contribution is 0.0307. The van der Waals surface area contributed by atoms with Gasteiger partial charge in [-0.3, -0.25) is 0 Å². The lowest BCUT2D eigenvalue weighted by Crippen LogP contribution is -2.18. The standard InChI is InChI=1S/C14H16ClN3O2S/c15-9-2-1-3-11(6-9)21-8-13-17-14(20-18-13)12-5-4-10(7-16)19-12/h1-3,6,10,12H,4-5,7-8,16H2. The van der Waals surface area contributed by atoms with Gasteiger partial charge in [0.15, 0.2) is 5.82 Å². The van der Waals surface area contributed by atoms with E-state index in [1.54, 1.807) is 11.8 Å². The van der Waals surface area contributed by atoms with Crippen molar-refractivity contribution in [3.05, 3.63) is 41.0 Å². The molecule has 5 nitrogen and oxygen atoms in total. The third kappa shape index (κ3) is 3.77. The van der Waals surface area contributed by atoms with E-state index in [1.807, 2.05) is 24.3 Å². The van der Waals surface area contributed by atoms with Gasteiger partial charge in [0.1, 0.15) is 6.10 Å². The van der Waals surface area contributed by atoms with Crippen LogP contribution in [-0.4, -0.2) is 22.8 Å². The number of hydrogen-bond acceptors (Lipinski definition) is 6. The van der Waals surface area contributed by atoms with Crippen LogP contribution in [0.1, 0.15) is 30.7 Å². The minimum Gasteiger partial charge on any atom is -0.364 e. The fourth-order valence-corrected chi connectivity index (χ4v) is 3.28. The number of nitrogens with two attached hydrogens (primary N) is 1. The van der Waals surface area contributed by atoms with Crippen molar-refractivity contribution in [1.29, 1.82) is 0 Å². The van der Waals surface area contributed by atoms with Gasteiger partial charge in [-0.1, -0.05) is 22.8 Å². The van der Waals surface area contributed by atoms with Crippen LogP contribution in [0.2, 0.25) is 5.02 Å². The molecule has 0 bridgehead atoms. The number of thioether (sulfide) groups is 1. The fraction of sp³-hybridized carbons (Fsp3) is 0.429. The molecule has 1 aliphatic rings. The van der Waals surface area contributed by atoms with Gasteiger partial charge in [-0.15, -0.1) is 11.8 Å². The number of rotatable bonds is 5. The molecule has 1 fully saturated rings. The van der Waals surface area contributed by atoms with Crippen molar-refractivity contribution >= 4 is 23.4 Å². The summed E-state index contributed by atoms with van der Waals surface area (Å²) in [6.45, 7) is 0.530. The Balaban J connectivity index is 1.58. The van der Waals surface area contributed by atoms with Crippen molar-refractivity contribution in [2.45, 2.75) is 35.7 Å². The highest BCUT2D eigenvalue weighted by Crippen LogP contribution is 2.32. The van der Waals surface area contributed by atoms with Gasteiger partial charge >= 0.3 is 0 Å². The van der Waals surface area contributed by atoms with Gasteiger partial charge < -0.3 is 15.0 Å². The van der Waals surface area contributed by atoms with Gasteiger partial charge in [-0.25, -0.2) is 0 Å². The number of hydrogen-bond donors (Lipinski definition) is 1. The lowest BCUT2D eigenvalue weighted by atomic mass is 10.2. The summed E-state index contributed by atoms with van der Waals surface area (Å²) < 4.78 is 11.0. The van der Waals surface area contributed by atoms with Gasteiger partial charge in [-0.05, 0) is 31.0 Å². The zero-order chi connectivity index (χ0) is 14.7. The van der Waals surface area contributed by atoms with Crippen molar-refractivity contribution in [3.63, 3.8) is 0 Å². The molecule has 0 amide bonds. The molecule has 112 valence electrons. The smallest absolute Gasteiger partial charge is 0.255 e. The van der Waals surface area contributed by atoms with Crippen molar-refractivity contribution in [2.24, 2.45) is 5.73 Å². The summed E-state index contributed by atoms with van der Waals surface area (Å²) in [4.78, 5) is 5.48. The summed E-state index contributed by atoms with van der Waals surface area (Å²) in [6.07, 6.45) is 1.81. The first-order valence-electron chi connectivity index (χ1n) is 6.81. The van der Waals surface area contributed by atoms with Crippen molar-refractivity contribution in [2.75, 3.05) is 6.54 Å². The summed E-state index contributed by atoms with van der Waals surface area (Å²) in [5.74, 6) is 1.85. The van der Waals surface area contributed by atoms with Crippen LogP contribution in [0.4, 0.5) is 0 Å². The molecule has 21 heavy (non-hydrogen) atoms. The van der Waals surface area contributed by atoms with Crippen LogP contribution in [0.5, 0.6) is 0 Å². The van der Waals surface area contributed by atoms with E-state index in [1.165, 1.54) is 0 Å². The molecule has 2 N–H and O–H groups in total. The van der Waals surface area contributed by atoms with Gasteiger partial charge in [0.2, 0.25) is 0 Å². The van der Waals surface area contributed by atoms with Gasteiger partial charge in [0.25, 0.3) is 5.89 Å². The Labute approximate surface area is 132 Å². The SMILES string of the molecule is NCC1CCC(c2nc(CSc3cccc(Cl)c3)no2)O1. The van der Waals surface area contributed by atoms with Crippen LogP contribution in [-0.2, 0) is 10.5 Å². The summed E-state index contributed by atoms with van der Waals surface area (Å²) in [5.41, 5.74) is 5.60. The zero-order valence-corrected chi connectivity index (χ0v) is 12.9. The summed E-state index contributed by atoms with van der Waals surface area (Å²) in [6, 6.07) is 7.69. The average molecular weight is 326 g/mol. The van der Waals surface area contributed by atoms with Crippen LogP contribution < -0.4 is 5.73 Å². The first-order valence-corrected chi connectivity index (χ1v) is 8.17. The Hall–Kier alpha value is -1.08. The Morgan fingerprint density at radius 2 is 2.29 bits per heavy atom. The van der Waals surface area contributed by atoms with Crippen molar-refractivity contribution < 1.29 is 9.26 Å². The Morgan fingerprint density at radius 3 is 3.05 bits per heavy atom. The van der Waals surface area contributed by atoms with Crippen LogP contribution >= 0.6 is 23.4 Å².